The molecule has 2 aromatic rings. The van der Waals surface area contributed by atoms with Gasteiger partial charge in [0.05, 0.1) is 24.3 Å². The smallest absolute Gasteiger partial charge is 0.266 e. The summed E-state index contributed by atoms with van der Waals surface area (Å²) in [5.74, 6) is -0.433. The van der Waals surface area contributed by atoms with E-state index in [1.165, 1.54) is 0 Å². The maximum absolute atomic E-state index is 12.6. The monoisotopic (exact) mass is 479 g/mol. The second-order valence-corrected chi connectivity index (χ2v) is 6.99. The fourth-order valence-electron chi connectivity index (χ4n) is 2.74. The van der Waals surface area contributed by atoms with Crippen molar-refractivity contribution in [3.05, 3.63) is 57.7 Å². The van der Waals surface area contributed by atoms with Crippen molar-refractivity contribution in [2.24, 2.45) is 0 Å². The van der Waals surface area contributed by atoms with Crippen LogP contribution >= 0.6 is 22.6 Å². The van der Waals surface area contributed by atoms with Crippen LogP contribution in [0.3, 0.4) is 0 Å². The molecule has 1 unspecified atom stereocenters. The van der Waals surface area contributed by atoms with E-state index in [0.29, 0.717) is 23.6 Å². The number of hydrogen-bond donors (Lipinski definition) is 2. The number of anilines is 1. The summed E-state index contributed by atoms with van der Waals surface area (Å²) in [6.07, 6.45) is -0.0296. The van der Waals surface area contributed by atoms with Crippen LogP contribution in [0.4, 0.5) is 5.69 Å². The van der Waals surface area contributed by atoms with Crippen molar-refractivity contribution in [1.29, 1.82) is 0 Å². The first-order valence-corrected chi connectivity index (χ1v) is 9.49. The minimum absolute atomic E-state index is 0.0296. The number of nitrogens with one attached hydrogen (secondary N) is 2. The Kier molecular flexibility index (Phi) is 6.07. The second kappa shape index (κ2) is 8.49. The quantitative estimate of drug-likeness (QED) is 0.377. The van der Waals surface area contributed by atoms with Crippen molar-refractivity contribution in [1.82, 2.24) is 10.9 Å². The largest absolute Gasteiger partial charge is 0.494 e. The Morgan fingerprint density at radius 2 is 1.89 bits per heavy atom. The van der Waals surface area contributed by atoms with Gasteiger partial charge in [0, 0.05) is 3.57 Å². The van der Waals surface area contributed by atoms with Gasteiger partial charge in [-0.1, -0.05) is 12.1 Å². The lowest BCUT2D eigenvalue weighted by molar-refractivity contribution is -0.121. The first-order chi connectivity index (χ1) is 13.0. The molecule has 1 aliphatic rings. The molecule has 7 nitrogen and oxygen atoms in total. The molecule has 0 saturated carbocycles. The summed E-state index contributed by atoms with van der Waals surface area (Å²) >= 11 is 2.06. The predicted octanol–water partition coefficient (Wildman–Crippen LogP) is 2.26. The number of carbonyl (C=O) groups is 3. The van der Waals surface area contributed by atoms with Crippen LogP contribution in [0.25, 0.3) is 0 Å². The lowest BCUT2D eigenvalue weighted by Gasteiger charge is -2.16. The van der Waals surface area contributed by atoms with Gasteiger partial charge in [0.2, 0.25) is 5.91 Å². The molecular weight excluding hydrogens is 461 g/mol. The number of carbonyl (C=O) groups excluding carboxylic acids is 3. The van der Waals surface area contributed by atoms with Gasteiger partial charge in [-0.15, -0.1) is 0 Å². The summed E-state index contributed by atoms with van der Waals surface area (Å²) in [5.41, 5.74) is 6.16. The van der Waals surface area contributed by atoms with Crippen LogP contribution in [0.2, 0.25) is 0 Å². The molecule has 3 amide bonds. The Labute approximate surface area is 170 Å². The van der Waals surface area contributed by atoms with E-state index in [1.54, 1.807) is 36.4 Å². The Morgan fingerprint density at radius 1 is 1.19 bits per heavy atom. The highest BCUT2D eigenvalue weighted by Crippen LogP contribution is 2.25. The summed E-state index contributed by atoms with van der Waals surface area (Å²) in [4.78, 5) is 38.3. The van der Waals surface area contributed by atoms with Crippen LogP contribution < -0.4 is 20.5 Å². The van der Waals surface area contributed by atoms with Crippen molar-refractivity contribution >= 4 is 46.0 Å². The Bertz CT molecular complexity index is 870. The van der Waals surface area contributed by atoms with Crippen molar-refractivity contribution in [3.63, 3.8) is 0 Å². The van der Waals surface area contributed by atoms with Gasteiger partial charge in [-0.3, -0.25) is 19.8 Å². The lowest BCUT2D eigenvalue weighted by Crippen LogP contribution is -2.48. The van der Waals surface area contributed by atoms with Crippen LogP contribution in [0.1, 0.15) is 23.7 Å². The van der Waals surface area contributed by atoms with Crippen molar-refractivity contribution in [2.75, 3.05) is 11.5 Å². The molecule has 0 spiro atoms. The fraction of sp³-hybridized carbons (Fsp3) is 0.211. The molecule has 1 heterocycles. The Hall–Kier alpha value is -2.46. The number of hydrazine groups is 1. The first kappa shape index (κ1) is 19.3. The molecule has 1 aliphatic heterocycles. The molecule has 0 radical (unpaired) electrons. The topological polar surface area (TPSA) is 87.7 Å². The van der Waals surface area contributed by atoms with Crippen molar-refractivity contribution in [2.45, 2.75) is 19.4 Å². The maximum atomic E-state index is 12.6. The molecule has 27 heavy (non-hydrogen) atoms. The molecule has 0 aromatic heterocycles. The molecule has 1 atom stereocenters. The number of ether oxygens (including phenoxy) is 1. The minimum Gasteiger partial charge on any atom is -0.494 e. The summed E-state index contributed by atoms with van der Waals surface area (Å²) < 4.78 is 6.16. The van der Waals surface area contributed by atoms with E-state index < -0.39 is 11.9 Å². The normalized spacial score (nSPS) is 16.5. The van der Waals surface area contributed by atoms with Gasteiger partial charge in [0.15, 0.2) is 0 Å². The SMILES string of the molecule is CCOc1ccc(N2C(=O)CC(NNC(=O)c3ccccc3I)C2=O)cc1. The third kappa shape index (κ3) is 4.28. The van der Waals surface area contributed by atoms with Crippen LogP contribution in [0, 0.1) is 3.57 Å². The summed E-state index contributed by atoms with van der Waals surface area (Å²) in [6.45, 7) is 2.41. The van der Waals surface area contributed by atoms with Gasteiger partial charge in [0.25, 0.3) is 11.8 Å². The first-order valence-electron chi connectivity index (χ1n) is 8.41. The molecule has 0 aliphatic carbocycles. The average Bonchev–Trinajstić information content (AvgIpc) is 2.95. The average molecular weight is 479 g/mol. The van der Waals surface area contributed by atoms with E-state index in [-0.39, 0.29) is 18.2 Å². The van der Waals surface area contributed by atoms with Crippen LogP contribution in [0.15, 0.2) is 48.5 Å². The highest BCUT2D eigenvalue weighted by Gasteiger charge is 2.39. The van der Waals surface area contributed by atoms with E-state index in [0.717, 1.165) is 8.47 Å². The Balaban J connectivity index is 1.65. The highest BCUT2D eigenvalue weighted by molar-refractivity contribution is 14.1. The molecule has 2 aromatic carbocycles. The second-order valence-electron chi connectivity index (χ2n) is 5.83. The molecule has 8 heteroatoms. The Morgan fingerprint density at radius 3 is 2.56 bits per heavy atom. The molecule has 0 bridgehead atoms. The third-order valence-electron chi connectivity index (χ3n) is 4.03. The molecule has 140 valence electrons. The van der Waals surface area contributed by atoms with Gasteiger partial charge in [-0.2, -0.15) is 0 Å². The number of nitrogens with zero attached hydrogens (tertiary/aromatic N) is 1. The van der Waals surface area contributed by atoms with E-state index in [4.69, 9.17) is 4.74 Å². The van der Waals surface area contributed by atoms with Gasteiger partial charge in [0.1, 0.15) is 11.8 Å². The number of benzene rings is 2. The van der Waals surface area contributed by atoms with E-state index in [9.17, 15) is 14.4 Å². The van der Waals surface area contributed by atoms with Gasteiger partial charge in [-0.25, -0.2) is 10.3 Å². The molecule has 1 fully saturated rings. The number of imide groups is 1. The van der Waals surface area contributed by atoms with Crippen molar-refractivity contribution in [3.8, 4) is 5.75 Å². The van der Waals surface area contributed by atoms with E-state index >= 15 is 0 Å². The highest BCUT2D eigenvalue weighted by atomic mass is 127. The van der Waals surface area contributed by atoms with Gasteiger partial charge < -0.3 is 4.74 Å². The summed E-state index contributed by atoms with van der Waals surface area (Å²) in [7, 11) is 0. The van der Waals surface area contributed by atoms with E-state index in [1.807, 2.05) is 19.1 Å². The zero-order valence-electron chi connectivity index (χ0n) is 14.6. The lowest BCUT2D eigenvalue weighted by atomic mass is 10.2. The van der Waals surface area contributed by atoms with Gasteiger partial charge >= 0.3 is 0 Å². The zero-order chi connectivity index (χ0) is 19.4. The van der Waals surface area contributed by atoms with Crippen LogP contribution in [0.5, 0.6) is 5.75 Å². The van der Waals surface area contributed by atoms with Crippen LogP contribution in [-0.4, -0.2) is 30.4 Å². The molecule has 1 saturated heterocycles. The number of halogens is 1. The van der Waals surface area contributed by atoms with E-state index in [2.05, 4.69) is 33.4 Å². The summed E-state index contributed by atoms with van der Waals surface area (Å²) in [5, 5.41) is 0. The van der Waals surface area contributed by atoms with Crippen molar-refractivity contribution < 1.29 is 19.1 Å². The molecular formula is C19H18IN3O4. The summed E-state index contributed by atoms with van der Waals surface area (Å²) in [6, 6.07) is 13.0. The molecule has 2 N–H and O–H groups in total. The number of amides is 3. The predicted molar refractivity (Wildman–Crippen MR) is 108 cm³/mol. The number of hydrogen-bond acceptors (Lipinski definition) is 5. The molecule has 3 rings (SSSR count). The third-order valence-corrected chi connectivity index (χ3v) is 4.97. The zero-order valence-corrected chi connectivity index (χ0v) is 16.7. The number of rotatable bonds is 6. The maximum Gasteiger partial charge on any atom is 0.266 e. The van der Waals surface area contributed by atoms with Crippen LogP contribution in [-0.2, 0) is 9.59 Å². The van der Waals surface area contributed by atoms with Gasteiger partial charge in [-0.05, 0) is 65.9 Å². The minimum atomic E-state index is -0.811. The standard InChI is InChI=1S/C19H18IN3O4/c1-2-27-13-9-7-12(8-10-13)23-17(24)11-16(19(23)26)21-22-18(25)14-5-3-4-6-15(14)20/h3-10,16,21H,2,11H2,1H3,(H,22,25). The fourth-order valence-corrected chi connectivity index (χ4v) is 3.37.